The second-order valence-electron chi connectivity index (χ2n) is 5.63. The van der Waals surface area contributed by atoms with Crippen LogP contribution in [0.1, 0.15) is 34.3 Å². The fraction of sp³-hybridized carbons (Fsp3) is 0.263. The molecule has 0 aliphatic rings. The summed E-state index contributed by atoms with van der Waals surface area (Å²) in [4.78, 5) is 25.6. The summed E-state index contributed by atoms with van der Waals surface area (Å²) in [5, 5.41) is 0. The van der Waals surface area contributed by atoms with E-state index in [0.29, 0.717) is 11.1 Å². The third kappa shape index (κ3) is 4.74. The molecule has 3 nitrogen and oxygen atoms in total. The van der Waals surface area contributed by atoms with Crippen molar-refractivity contribution >= 4 is 11.7 Å². The molecule has 0 bridgehead atoms. The van der Waals surface area contributed by atoms with Crippen molar-refractivity contribution in [1.29, 1.82) is 0 Å². The Bertz CT molecular complexity index is 695. The normalized spacial score (nSPS) is 10.4. The zero-order valence-corrected chi connectivity index (χ0v) is 13.4. The number of nitrogens with zero attached hydrogens (tertiary/aromatic N) is 1. The summed E-state index contributed by atoms with van der Waals surface area (Å²) in [6.45, 7) is 2.15. The maximum atomic E-state index is 13.6. The minimum absolute atomic E-state index is 0.0577. The molecule has 4 heteroatoms. The molecular formula is C19H20FNO2. The van der Waals surface area contributed by atoms with Gasteiger partial charge >= 0.3 is 0 Å². The summed E-state index contributed by atoms with van der Waals surface area (Å²) >= 11 is 0. The molecule has 0 fully saturated rings. The lowest BCUT2D eigenvalue weighted by Crippen LogP contribution is -2.27. The molecule has 120 valence electrons. The van der Waals surface area contributed by atoms with E-state index in [0.717, 1.165) is 5.56 Å². The zero-order valence-electron chi connectivity index (χ0n) is 13.4. The molecule has 0 unspecified atom stereocenters. The highest BCUT2D eigenvalue weighted by atomic mass is 19.1. The summed E-state index contributed by atoms with van der Waals surface area (Å²) in [5.41, 5.74) is 2.16. The molecule has 0 spiro atoms. The lowest BCUT2D eigenvalue weighted by atomic mass is 10.0. The van der Waals surface area contributed by atoms with Crippen LogP contribution in [0.5, 0.6) is 0 Å². The molecule has 0 saturated carbocycles. The van der Waals surface area contributed by atoms with Crippen LogP contribution in [0.25, 0.3) is 0 Å². The van der Waals surface area contributed by atoms with E-state index in [4.69, 9.17) is 0 Å². The number of Topliss-reactive ketones (excluding diaryl/α,β-unsaturated/α-hetero) is 1. The fourth-order valence-electron chi connectivity index (χ4n) is 2.27. The van der Waals surface area contributed by atoms with Gasteiger partial charge in [-0.2, -0.15) is 0 Å². The summed E-state index contributed by atoms with van der Waals surface area (Å²) in [7, 11) is 1.62. The molecule has 0 N–H and O–H groups in total. The Morgan fingerprint density at radius 2 is 1.65 bits per heavy atom. The van der Waals surface area contributed by atoms with Crippen LogP contribution in [-0.2, 0) is 11.3 Å². The van der Waals surface area contributed by atoms with Crippen molar-refractivity contribution in [1.82, 2.24) is 4.90 Å². The molecular weight excluding hydrogens is 293 g/mol. The number of hydrogen-bond acceptors (Lipinski definition) is 2. The molecule has 1 amide bonds. The standard InChI is InChI=1S/C19H20FNO2/c1-14-7-9-15(10-8-14)18(22)11-12-19(23)21(2)13-16-5-3-4-6-17(16)20/h3-10H,11-13H2,1-2H3. The Morgan fingerprint density at radius 1 is 1.00 bits per heavy atom. The number of rotatable bonds is 6. The number of ketones is 1. The van der Waals surface area contributed by atoms with E-state index >= 15 is 0 Å². The van der Waals surface area contributed by atoms with Crippen molar-refractivity contribution in [3.8, 4) is 0 Å². The van der Waals surface area contributed by atoms with Gasteiger partial charge in [0, 0.05) is 37.6 Å². The van der Waals surface area contributed by atoms with E-state index < -0.39 is 0 Å². The van der Waals surface area contributed by atoms with Crippen molar-refractivity contribution in [2.75, 3.05) is 7.05 Å². The Hall–Kier alpha value is -2.49. The molecule has 23 heavy (non-hydrogen) atoms. The van der Waals surface area contributed by atoms with Gasteiger partial charge in [-0.1, -0.05) is 48.0 Å². The van der Waals surface area contributed by atoms with E-state index in [1.165, 1.54) is 11.0 Å². The maximum Gasteiger partial charge on any atom is 0.223 e. The number of carbonyl (C=O) groups is 2. The minimum atomic E-state index is -0.331. The molecule has 2 aromatic carbocycles. The molecule has 2 aromatic rings. The number of amides is 1. The summed E-state index contributed by atoms with van der Waals surface area (Å²) in [5.74, 6) is -0.561. The topological polar surface area (TPSA) is 37.4 Å². The van der Waals surface area contributed by atoms with Gasteiger partial charge in [-0.05, 0) is 13.0 Å². The van der Waals surface area contributed by atoms with E-state index in [9.17, 15) is 14.0 Å². The molecule has 0 heterocycles. The van der Waals surface area contributed by atoms with Crippen LogP contribution >= 0.6 is 0 Å². The first-order chi connectivity index (χ1) is 11.0. The summed E-state index contributed by atoms with van der Waals surface area (Å²) < 4.78 is 13.6. The first-order valence-corrected chi connectivity index (χ1v) is 7.54. The summed E-state index contributed by atoms with van der Waals surface area (Å²) in [6.07, 6.45) is 0.279. The molecule has 0 aliphatic carbocycles. The predicted molar refractivity (Wildman–Crippen MR) is 87.6 cm³/mol. The van der Waals surface area contributed by atoms with E-state index in [-0.39, 0.29) is 36.9 Å². The maximum absolute atomic E-state index is 13.6. The van der Waals surface area contributed by atoms with Gasteiger partial charge in [0.1, 0.15) is 5.82 Å². The van der Waals surface area contributed by atoms with Gasteiger partial charge in [0.25, 0.3) is 0 Å². The molecule has 0 aromatic heterocycles. The molecule has 0 radical (unpaired) electrons. The average molecular weight is 313 g/mol. The highest BCUT2D eigenvalue weighted by molar-refractivity contribution is 5.97. The van der Waals surface area contributed by atoms with E-state index in [1.54, 1.807) is 37.4 Å². The van der Waals surface area contributed by atoms with Gasteiger partial charge in [-0.3, -0.25) is 9.59 Å². The van der Waals surface area contributed by atoms with Crippen molar-refractivity contribution in [2.45, 2.75) is 26.3 Å². The Balaban J connectivity index is 1.87. The number of carbonyl (C=O) groups excluding carboxylic acids is 2. The third-order valence-corrected chi connectivity index (χ3v) is 3.73. The lowest BCUT2D eigenvalue weighted by Gasteiger charge is -2.17. The zero-order chi connectivity index (χ0) is 16.8. The van der Waals surface area contributed by atoms with Gasteiger partial charge in [-0.15, -0.1) is 0 Å². The second-order valence-corrected chi connectivity index (χ2v) is 5.63. The minimum Gasteiger partial charge on any atom is -0.341 e. The van der Waals surface area contributed by atoms with Crippen LogP contribution < -0.4 is 0 Å². The Kier molecular flexibility index (Phi) is 5.63. The van der Waals surface area contributed by atoms with Crippen LogP contribution in [0.3, 0.4) is 0 Å². The average Bonchev–Trinajstić information content (AvgIpc) is 2.55. The second kappa shape index (κ2) is 7.68. The quantitative estimate of drug-likeness (QED) is 0.762. The van der Waals surface area contributed by atoms with Gasteiger partial charge in [0.05, 0.1) is 0 Å². The van der Waals surface area contributed by atoms with Crippen LogP contribution in [0.2, 0.25) is 0 Å². The van der Waals surface area contributed by atoms with Crippen molar-refractivity contribution in [3.63, 3.8) is 0 Å². The predicted octanol–water partition coefficient (Wildman–Crippen LogP) is 3.76. The Morgan fingerprint density at radius 3 is 2.30 bits per heavy atom. The number of halogens is 1. The van der Waals surface area contributed by atoms with Crippen molar-refractivity contribution in [2.24, 2.45) is 0 Å². The highest BCUT2D eigenvalue weighted by Crippen LogP contribution is 2.12. The first-order valence-electron chi connectivity index (χ1n) is 7.54. The number of aryl methyl sites for hydroxylation is 1. The number of benzene rings is 2. The van der Waals surface area contributed by atoms with Crippen molar-refractivity contribution in [3.05, 3.63) is 71.0 Å². The van der Waals surface area contributed by atoms with Gasteiger partial charge < -0.3 is 4.90 Å². The van der Waals surface area contributed by atoms with Crippen LogP contribution in [0, 0.1) is 12.7 Å². The van der Waals surface area contributed by atoms with Crippen LogP contribution in [-0.4, -0.2) is 23.6 Å². The monoisotopic (exact) mass is 313 g/mol. The SMILES string of the molecule is Cc1ccc(C(=O)CCC(=O)N(C)Cc2ccccc2F)cc1. The molecule has 0 saturated heterocycles. The molecule has 0 atom stereocenters. The number of hydrogen-bond donors (Lipinski definition) is 0. The lowest BCUT2D eigenvalue weighted by molar-refractivity contribution is -0.130. The van der Waals surface area contributed by atoms with Gasteiger partial charge in [-0.25, -0.2) is 4.39 Å². The fourth-order valence-corrected chi connectivity index (χ4v) is 2.27. The van der Waals surface area contributed by atoms with Gasteiger partial charge in [0.15, 0.2) is 5.78 Å². The van der Waals surface area contributed by atoms with E-state index in [2.05, 4.69) is 0 Å². The van der Waals surface area contributed by atoms with Crippen LogP contribution in [0.4, 0.5) is 4.39 Å². The molecule has 0 aliphatic heterocycles. The highest BCUT2D eigenvalue weighted by Gasteiger charge is 2.14. The van der Waals surface area contributed by atoms with Crippen molar-refractivity contribution < 1.29 is 14.0 Å². The van der Waals surface area contributed by atoms with Gasteiger partial charge in [0.2, 0.25) is 5.91 Å². The largest absolute Gasteiger partial charge is 0.341 e. The first kappa shape index (κ1) is 16.9. The summed E-state index contributed by atoms with van der Waals surface area (Å²) in [6, 6.07) is 13.7. The third-order valence-electron chi connectivity index (χ3n) is 3.73. The molecule has 2 rings (SSSR count). The van der Waals surface area contributed by atoms with E-state index in [1.807, 2.05) is 19.1 Å². The Labute approximate surface area is 135 Å². The van der Waals surface area contributed by atoms with Crippen LogP contribution in [0.15, 0.2) is 48.5 Å². The smallest absolute Gasteiger partial charge is 0.223 e.